The fraction of sp³-hybridized carbons (Fsp3) is 0.273. The Hall–Kier alpha value is -1.82. The first-order chi connectivity index (χ1) is 17.0. The number of urea groups is 1. The van der Waals surface area contributed by atoms with Crippen molar-refractivity contribution in [2.45, 2.75) is 30.0 Å². The standard InChI is InChI=1S/C22H19Cl4FN4O3S2/c1-30(22(32)29-36(33,34)19-8-17(25)21(26)35-19)11-18(27)15-4-2-3-12-9-28-31(20(12)15)10-13-5-6-14(23)7-16(13)24/h5-9H,2-4,10-11H2,1H3,(H,29,32). The summed E-state index contributed by atoms with van der Waals surface area (Å²) in [6, 6.07) is 5.28. The van der Waals surface area contributed by atoms with Gasteiger partial charge in [-0.15, -0.1) is 11.3 Å². The van der Waals surface area contributed by atoms with Crippen LogP contribution in [-0.2, 0) is 23.0 Å². The summed E-state index contributed by atoms with van der Waals surface area (Å²) in [4.78, 5) is 13.5. The Labute approximate surface area is 231 Å². The van der Waals surface area contributed by atoms with Crippen LogP contribution in [0.2, 0.25) is 19.4 Å². The summed E-state index contributed by atoms with van der Waals surface area (Å²) in [5.41, 5.74) is 2.71. The minimum absolute atomic E-state index is 0.0585. The highest BCUT2D eigenvalue weighted by Gasteiger charge is 2.27. The molecule has 1 aliphatic rings. The molecule has 0 spiro atoms. The number of benzene rings is 1. The normalized spacial score (nSPS) is 14.9. The molecule has 2 aromatic heterocycles. The second-order valence-corrected chi connectivity index (χ2v) is 12.9. The second-order valence-electron chi connectivity index (χ2n) is 8.10. The Morgan fingerprint density at radius 2 is 1.94 bits per heavy atom. The second kappa shape index (κ2) is 10.9. The van der Waals surface area contributed by atoms with E-state index < -0.39 is 28.4 Å². The van der Waals surface area contributed by atoms with Gasteiger partial charge in [-0.25, -0.2) is 22.3 Å². The first-order valence-electron chi connectivity index (χ1n) is 10.6. The van der Waals surface area contributed by atoms with E-state index in [2.05, 4.69) is 5.10 Å². The average molecular weight is 612 g/mol. The maximum Gasteiger partial charge on any atom is 0.331 e. The van der Waals surface area contributed by atoms with E-state index in [9.17, 15) is 13.2 Å². The van der Waals surface area contributed by atoms with Crippen LogP contribution < -0.4 is 4.72 Å². The minimum Gasteiger partial charge on any atom is -0.320 e. The molecule has 0 unspecified atom stereocenters. The lowest BCUT2D eigenvalue weighted by atomic mass is 9.92. The van der Waals surface area contributed by atoms with Gasteiger partial charge in [0, 0.05) is 22.7 Å². The lowest BCUT2D eigenvalue weighted by Crippen LogP contribution is -2.41. The molecule has 14 heteroatoms. The summed E-state index contributed by atoms with van der Waals surface area (Å²) < 4.78 is 43.9. The van der Waals surface area contributed by atoms with Gasteiger partial charge in [-0.05, 0) is 48.6 Å². The lowest BCUT2D eigenvalue weighted by Gasteiger charge is -2.22. The van der Waals surface area contributed by atoms with Crippen LogP contribution >= 0.6 is 57.7 Å². The van der Waals surface area contributed by atoms with Gasteiger partial charge in [0.05, 0.1) is 30.0 Å². The lowest BCUT2D eigenvalue weighted by molar-refractivity contribution is 0.215. The number of rotatable bonds is 6. The van der Waals surface area contributed by atoms with Gasteiger partial charge >= 0.3 is 6.03 Å². The van der Waals surface area contributed by atoms with Crippen molar-refractivity contribution in [2.75, 3.05) is 13.6 Å². The van der Waals surface area contributed by atoms with Crippen LogP contribution in [0.5, 0.6) is 0 Å². The Morgan fingerprint density at radius 1 is 1.19 bits per heavy atom. The van der Waals surface area contributed by atoms with Gasteiger partial charge in [0.15, 0.2) is 0 Å². The van der Waals surface area contributed by atoms with Crippen molar-refractivity contribution in [1.82, 2.24) is 19.4 Å². The third kappa shape index (κ3) is 5.84. The quantitative estimate of drug-likeness (QED) is 0.338. The van der Waals surface area contributed by atoms with Crippen LogP contribution in [0.3, 0.4) is 0 Å². The van der Waals surface area contributed by atoms with Crippen LogP contribution in [0, 0.1) is 0 Å². The number of allylic oxidation sites excluding steroid dienone is 1. The Balaban J connectivity index is 1.54. The van der Waals surface area contributed by atoms with Crippen molar-refractivity contribution in [1.29, 1.82) is 0 Å². The van der Waals surface area contributed by atoms with Crippen LogP contribution in [0.25, 0.3) is 5.57 Å². The van der Waals surface area contributed by atoms with E-state index in [-0.39, 0.29) is 13.6 Å². The summed E-state index contributed by atoms with van der Waals surface area (Å²) in [6.45, 7) is -0.127. The fourth-order valence-electron chi connectivity index (χ4n) is 3.80. The molecule has 1 N–H and O–H groups in total. The molecule has 0 saturated carbocycles. The molecule has 1 aromatic carbocycles. The van der Waals surface area contributed by atoms with Gasteiger partial charge in [0.2, 0.25) is 0 Å². The Kier molecular flexibility index (Phi) is 8.23. The molecular weight excluding hydrogens is 593 g/mol. The molecule has 1 aliphatic carbocycles. The van der Waals surface area contributed by atoms with Crippen molar-refractivity contribution < 1.29 is 17.6 Å². The van der Waals surface area contributed by atoms with Crippen LogP contribution in [0.1, 0.15) is 29.7 Å². The molecule has 7 nitrogen and oxygen atoms in total. The Morgan fingerprint density at radius 3 is 2.61 bits per heavy atom. The topological polar surface area (TPSA) is 84.3 Å². The van der Waals surface area contributed by atoms with E-state index in [0.29, 0.717) is 52.0 Å². The van der Waals surface area contributed by atoms with Gasteiger partial charge in [-0.3, -0.25) is 4.68 Å². The van der Waals surface area contributed by atoms with Crippen molar-refractivity contribution in [3.8, 4) is 0 Å². The number of sulfonamides is 1. The minimum atomic E-state index is -4.22. The highest BCUT2D eigenvalue weighted by Crippen LogP contribution is 2.36. The maximum atomic E-state index is 15.5. The molecule has 2 amide bonds. The zero-order valence-electron chi connectivity index (χ0n) is 18.7. The van der Waals surface area contributed by atoms with E-state index in [4.69, 9.17) is 46.4 Å². The van der Waals surface area contributed by atoms with E-state index in [1.165, 1.54) is 7.05 Å². The molecule has 0 atom stereocenters. The molecule has 4 rings (SSSR count). The summed E-state index contributed by atoms with van der Waals surface area (Å²) in [5.74, 6) is -0.558. The van der Waals surface area contributed by atoms with E-state index in [0.717, 1.165) is 28.5 Å². The summed E-state index contributed by atoms with van der Waals surface area (Å²) in [5, 5.41) is 5.46. The highest BCUT2D eigenvalue weighted by molar-refractivity contribution is 7.92. The van der Waals surface area contributed by atoms with Crippen molar-refractivity contribution >= 4 is 79.4 Å². The molecule has 0 aliphatic heterocycles. The van der Waals surface area contributed by atoms with Crippen molar-refractivity contribution in [3.05, 3.63) is 72.5 Å². The first-order valence-corrected chi connectivity index (χ1v) is 14.4. The Bertz CT molecular complexity index is 1450. The number of aryl methyl sites for hydroxylation is 1. The third-order valence-corrected chi connectivity index (χ3v) is 9.81. The maximum absolute atomic E-state index is 15.5. The fourth-order valence-corrected chi connectivity index (χ4v) is 7.15. The molecule has 36 heavy (non-hydrogen) atoms. The van der Waals surface area contributed by atoms with Gasteiger partial charge in [-0.2, -0.15) is 5.10 Å². The number of hydrogen-bond donors (Lipinski definition) is 1. The number of fused-ring (bicyclic) bond motifs is 1. The molecule has 0 radical (unpaired) electrons. The summed E-state index contributed by atoms with van der Waals surface area (Å²) in [6.07, 6.45) is 3.60. The number of nitrogens with one attached hydrogen (secondary N) is 1. The zero-order valence-corrected chi connectivity index (χ0v) is 23.4. The monoisotopic (exact) mass is 610 g/mol. The average Bonchev–Trinajstić information content (AvgIpc) is 3.38. The van der Waals surface area contributed by atoms with Gasteiger partial charge in [0.25, 0.3) is 10.0 Å². The molecule has 0 fully saturated rings. The van der Waals surface area contributed by atoms with E-state index in [1.54, 1.807) is 29.1 Å². The van der Waals surface area contributed by atoms with Crippen molar-refractivity contribution in [3.63, 3.8) is 0 Å². The smallest absolute Gasteiger partial charge is 0.320 e. The molecule has 0 saturated heterocycles. The highest BCUT2D eigenvalue weighted by atomic mass is 35.5. The van der Waals surface area contributed by atoms with Gasteiger partial charge in [-0.1, -0.05) is 52.5 Å². The number of aromatic nitrogens is 2. The number of nitrogens with zero attached hydrogens (tertiary/aromatic N) is 3. The van der Waals surface area contributed by atoms with Crippen LogP contribution in [0.15, 0.2) is 40.5 Å². The molecule has 0 bridgehead atoms. The first kappa shape index (κ1) is 27.2. The van der Waals surface area contributed by atoms with Crippen molar-refractivity contribution in [2.24, 2.45) is 0 Å². The number of likely N-dealkylation sites (N-methyl/N-ethyl adjacent to an activating group) is 1. The predicted octanol–water partition coefficient (Wildman–Crippen LogP) is 6.65. The molecule has 2 heterocycles. The third-order valence-electron chi connectivity index (χ3n) is 5.57. The number of amides is 2. The summed E-state index contributed by atoms with van der Waals surface area (Å²) in [7, 11) is -2.92. The number of thiophene rings is 1. The predicted molar refractivity (Wildman–Crippen MR) is 141 cm³/mol. The van der Waals surface area contributed by atoms with Gasteiger partial charge in [0.1, 0.15) is 14.4 Å². The number of hydrogen-bond acceptors (Lipinski definition) is 5. The number of carbonyl (C=O) groups excluding carboxylic acids is 1. The van der Waals surface area contributed by atoms with Crippen LogP contribution in [-0.4, -0.2) is 42.7 Å². The van der Waals surface area contributed by atoms with E-state index >= 15 is 4.39 Å². The van der Waals surface area contributed by atoms with E-state index in [1.807, 2.05) is 4.72 Å². The van der Waals surface area contributed by atoms with Gasteiger partial charge < -0.3 is 4.90 Å². The number of halogens is 5. The SMILES string of the molecule is CN(CC(F)=C1CCCc2cnn(Cc3ccc(Cl)cc3Cl)c21)C(=O)NS(=O)(=O)c1cc(Cl)c(Cl)s1. The largest absolute Gasteiger partial charge is 0.331 e. The molecule has 192 valence electrons. The summed E-state index contributed by atoms with van der Waals surface area (Å²) >= 11 is 24.6. The molecular formula is C22H19Cl4FN4O3S2. The zero-order chi connectivity index (χ0) is 26.2. The molecule has 3 aromatic rings. The van der Waals surface area contributed by atoms with Crippen LogP contribution in [0.4, 0.5) is 9.18 Å². The number of carbonyl (C=O) groups is 1.